The van der Waals surface area contributed by atoms with E-state index in [9.17, 15) is 14.9 Å². The first-order chi connectivity index (χ1) is 12.8. The maximum absolute atomic E-state index is 12.6. The number of nitrogens with one attached hydrogen (secondary N) is 1. The minimum absolute atomic E-state index is 0.0594. The summed E-state index contributed by atoms with van der Waals surface area (Å²) in [5.74, 6) is 0.178. The minimum atomic E-state index is -0.498. The van der Waals surface area contributed by atoms with Gasteiger partial charge in [-0.3, -0.25) is 14.9 Å². The molecule has 7 nitrogen and oxygen atoms in total. The lowest BCUT2D eigenvalue weighted by atomic mass is 9.92. The van der Waals surface area contributed by atoms with Gasteiger partial charge in [0.25, 0.3) is 11.6 Å². The van der Waals surface area contributed by atoms with Gasteiger partial charge in [0, 0.05) is 29.2 Å². The van der Waals surface area contributed by atoms with E-state index in [0.29, 0.717) is 11.4 Å². The third-order valence-corrected chi connectivity index (χ3v) is 4.06. The number of hydrogen-bond donors (Lipinski definition) is 1. The third kappa shape index (κ3) is 4.03. The molecule has 0 saturated carbocycles. The van der Waals surface area contributed by atoms with Crippen LogP contribution in [0.5, 0.6) is 0 Å². The first kappa shape index (κ1) is 18.3. The van der Waals surface area contributed by atoms with E-state index in [-0.39, 0.29) is 17.0 Å². The average molecular weight is 364 g/mol. The zero-order valence-electron chi connectivity index (χ0n) is 15.3. The lowest BCUT2D eigenvalue weighted by Gasteiger charge is -2.14. The fraction of sp³-hybridized carbons (Fsp3) is 0.200. The Morgan fingerprint density at radius 3 is 2.26 bits per heavy atom. The molecule has 7 heteroatoms. The van der Waals surface area contributed by atoms with Crippen LogP contribution in [0, 0.1) is 10.1 Å². The van der Waals surface area contributed by atoms with Gasteiger partial charge in [0.1, 0.15) is 5.82 Å². The fourth-order valence-electron chi connectivity index (χ4n) is 2.53. The first-order valence-electron chi connectivity index (χ1n) is 8.47. The Morgan fingerprint density at radius 2 is 1.70 bits per heavy atom. The van der Waals surface area contributed by atoms with Gasteiger partial charge in [-0.2, -0.15) is 5.10 Å². The normalized spacial score (nSPS) is 11.2. The molecular weight excluding hydrogens is 344 g/mol. The maximum atomic E-state index is 12.6. The molecule has 0 aliphatic carbocycles. The number of hydrogen-bond acceptors (Lipinski definition) is 4. The van der Waals surface area contributed by atoms with E-state index < -0.39 is 4.92 Å². The zero-order chi connectivity index (χ0) is 19.6. The molecule has 0 spiro atoms. The number of anilines is 1. The van der Waals surface area contributed by atoms with E-state index in [0.717, 1.165) is 11.4 Å². The Balaban J connectivity index is 1.94. The van der Waals surface area contributed by atoms with Crippen molar-refractivity contribution >= 4 is 17.4 Å². The molecule has 0 atom stereocenters. The number of carbonyl (C=O) groups is 1. The van der Waals surface area contributed by atoms with Gasteiger partial charge < -0.3 is 5.32 Å². The smallest absolute Gasteiger partial charge is 0.269 e. The predicted molar refractivity (Wildman–Crippen MR) is 103 cm³/mol. The van der Waals surface area contributed by atoms with Gasteiger partial charge in [-0.05, 0) is 24.3 Å². The highest BCUT2D eigenvalue weighted by Gasteiger charge is 2.22. The monoisotopic (exact) mass is 364 g/mol. The summed E-state index contributed by atoms with van der Waals surface area (Å²) in [7, 11) is 0. The zero-order valence-corrected chi connectivity index (χ0v) is 15.3. The summed E-state index contributed by atoms with van der Waals surface area (Å²) in [6.45, 7) is 6.14. The van der Waals surface area contributed by atoms with Gasteiger partial charge >= 0.3 is 0 Å². The van der Waals surface area contributed by atoms with Crippen LogP contribution in [0.4, 0.5) is 11.5 Å². The first-order valence-corrected chi connectivity index (χ1v) is 8.47. The van der Waals surface area contributed by atoms with Crippen molar-refractivity contribution < 1.29 is 9.72 Å². The summed E-state index contributed by atoms with van der Waals surface area (Å²) in [5.41, 5.74) is 1.75. The van der Waals surface area contributed by atoms with Crippen LogP contribution in [0.15, 0.2) is 60.7 Å². The standard InChI is InChI=1S/C20H20N4O3/c1-20(2,3)17-13-18(23(22-17)15-7-5-4-6-8-15)21-19(25)14-9-11-16(12-10-14)24(26)27/h4-13H,1-3H3,(H,21,25). The molecule has 1 N–H and O–H groups in total. The van der Waals surface area contributed by atoms with Crippen LogP contribution in [-0.4, -0.2) is 20.6 Å². The van der Waals surface area contributed by atoms with Gasteiger partial charge in [-0.15, -0.1) is 0 Å². The fourth-order valence-corrected chi connectivity index (χ4v) is 2.53. The summed E-state index contributed by atoms with van der Waals surface area (Å²) >= 11 is 0. The van der Waals surface area contributed by atoms with E-state index in [4.69, 9.17) is 0 Å². The highest BCUT2D eigenvalue weighted by Crippen LogP contribution is 2.26. The van der Waals surface area contributed by atoms with Gasteiger partial charge in [-0.25, -0.2) is 4.68 Å². The van der Waals surface area contributed by atoms with Crippen LogP contribution in [0.25, 0.3) is 5.69 Å². The molecule has 138 valence electrons. The number of aromatic nitrogens is 2. The van der Waals surface area contributed by atoms with Gasteiger partial charge in [-0.1, -0.05) is 39.0 Å². The van der Waals surface area contributed by atoms with E-state index in [1.54, 1.807) is 4.68 Å². The molecule has 0 aliphatic heterocycles. The number of non-ortho nitro benzene ring substituents is 1. The number of nitrogens with zero attached hydrogens (tertiary/aromatic N) is 3. The second-order valence-corrected chi connectivity index (χ2v) is 7.17. The van der Waals surface area contributed by atoms with Crippen molar-refractivity contribution in [2.24, 2.45) is 0 Å². The second kappa shape index (κ2) is 7.03. The lowest BCUT2D eigenvalue weighted by Crippen LogP contribution is -2.15. The van der Waals surface area contributed by atoms with Crippen molar-refractivity contribution in [2.75, 3.05) is 5.32 Å². The summed E-state index contributed by atoms with van der Waals surface area (Å²) in [4.78, 5) is 22.9. The van der Waals surface area contributed by atoms with E-state index in [1.807, 2.05) is 57.2 Å². The third-order valence-electron chi connectivity index (χ3n) is 4.06. The maximum Gasteiger partial charge on any atom is 0.269 e. The average Bonchev–Trinajstić information content (AvgIpc) is 3.06. The predicted octanol–water partition coefficient (Wildman–Crippen LogP) is 4.33. The van der Waals surface area contributed by atoms with Crippen LogP contribution >= 0.6 is 0 Å². The minimum Gasteiger partial charge on any atom is -0.306 e. The van der Waals surface area contributed by atoms with Crippen LogP contribution in [0.1, 0.15) is 36.8 Å². The number of benzene rings is 2. The van der Waals surface area contributed by atoms with Gasteiger partial charge in [0.2, 0.25) is 0 Å². The van der Waals surface area contributed by atoms with Crippen molar-refractivity contribution in [3.63, 3.8) is 0 Å². The lowest BCUT2D eigenvalue weighted by molar-refractivity contribution is -0.384. The molecular formula is C20H20N4O3. The molecule has 0 unspecified atom stereocenters. The molecule has 3 aromatic rings. The number of para-hydroxylation sites is 1. The Morgan fingerprint density at radius 1 is 1.07 bits per heavy atom. The number of amides is 1. The molecule has 1 aromatic heterocycles. The van der Waals surface area contributed by atoms with E-state index in [2.05, 4.69) is 10.4 Å². The SMILES string of the molecule is CC(C)(C)c1cc(NC(=O)c2ccc([N+](=O)[O-])cc2)n(-c2ccccc2)n1. The number of nitro benzene ring substituents is 1. The molecule has 1 heterocycles. The van der Waals surface area contributed by atoms with E-state index >= 15 is 0 Å². The molecule has 1 amide bonds. The van der Waals surface area contributed by atoms with Crippen molar-refractivity contribution in [2.45, 2.75) is 26.2 Å². The van der Waals surface area contributed by atoms with Crippen LogP contribution in [-0.2, 0) is 5.41 Å². The number of nitro groups is 1. The number of carbonyl (C=O) groups excluding carboxylic acids is 1. The quantitative estimate of drug-likeness (QED) is 0.551. The summed E-state index contributed by atoms with van der Waals surface area (Å²) in [6, 6.07) is 16.8. The topological polar surface area (TPSA) is 90.1 Å². The van der Waals surface area contributed by atoms with Crippen molar-refractivity contribution in [3.05, 3.63) is 82.0 Å². The largest absolute Gasteiger partial charge is 0.306 e. The Bertz CT molecular complexity index is 971. The van der Waals surface area contributed by atoms with Crippen LogP contribution in [0.3, 0.4) is 0 Å². The van der Waals surface area contributed by atoms with Crippen molar-refractivity contribution in [3.8, 4) is 5.69 Å². The molecule has 0 radical (unpaired) electrons. The molecule has 0 aliphatic rings. The summed E-state index contributed by atoms with van der Waals surface area (Å²) in [5, 5.41) is 18.3. The Kier molecular flexibility index (Phi) is 4.77. The Labute approximate surface area is 156 Å². The van der Waals surface area contributed by atoms with Crippen LogP contribution < -0.4 is 5.32 Å². The molecule has 0 saturated heterocycles. The number of rotatable bonds is 4. The summed E-state index contributed by atoms with van der Waals surface area (Å²) < 4.78 is 1.68. The van der Waals surface area contributed by atoms with Crippen molar-refractivity contribution in [1.82, 2.24) is 9.78 Å². The van der Waals surface area contributed by atoms with Crippen molar-refractivity contribution in [1.29, 1.82) is 0 Å². The van der Waals surface area contributed by atoms with E-state index in [1.165, 1.54) is 24.3 Å². The summed E-state index contributed by atoms with van der Waals surface area (Å²) in [6.07, 6.45) is 0. The molecule has 2 aromatic carbocycles. The van der Waals surface area contributed by atoms with Gasteiger partial charge in [0.05, 0.1) is 16.3 Å². The highest BCUT2D eigenvalue weighted by atomic mass is 16.6. The molecule has 0 fully saturated rings. The van der Waals surface area contributed by atoms with Crippen LogP contribution in [0.2, 0.25) is 0 Å². The molecule has 27 heavy (non-hydrogen) atoms. The second-order valence-electron chi connectivity index (χ2n) is 7.17. The highest BCUT2D eigenvalue weighted by molar-refractivity contribution is 6.04. The molecule has 3 rings (SSSR count). The van der Waals surface area contributed by atoms with Gasteiger partial charge in [0.15, 0.2) is 0 Å². The Hall–Kier alpha value is -3.48. The molecule has 0 bridgehead atoms.